The van der Waals surface area contributed by atoms with E-state index in [1.807, 2.05) is 0 Å². The number of nitrogens with two attached hydrogens (primary N) is 1. The Kier molecular flexibility index (Phi) is 10.9. The molecule has 51 heavy (non-hydrogen) atoms. The van der Waals surface area contributed by atoms with Crippen molar-refractivity contribution < 1.29 is 46.9 Å². The summed E-state index contributed by atoms with van der Waals surface area (Å²) in [7, 11) is -3.08. The molecule has 5 rings (SSSR count). The Morgan fingerprint density at radius 3 is 2.45 bits per heavy atom. The summed E-state index contributed by atoms with van der Waals surface area (Å²) in [5.74, 6) is -2.60. The summed E-state index contributed by atoms with van der Waals surface area (Å²) >= 11 is 0. The van der Waals surface area contributed by atoms with Crippen molar-refractivity contribution in [3.8, 4) is 11.8 Å². The maximum atomic E-state index is 17.7. The Morgan fingerprint density at radius 2 is 1.82 bits per heavy atom. The molecule has 4 aromatic rings. The number of ether oxygens (including phenoxy) is 3. The number of hydrogen-bond donors (Lipinski definition) is 4. The van der Waals surface area contributed by atoms with Gasteiger partial charge in [0.15, 0.2) is 17.0 Å². The van der Waals surface area contributed by atoms with Crippen molar-refractivity contribution in [1.29, 1.82) is 5.26 Å². The number of benzene rings is 2. The van der Waals surface area contributed by atoms with E-state index in [4.69, 9.17) is 29.0 Å². The Hall–Kier alpha value is -5.18. The minimum atomic E-state index is -4.59. The molecule has 1 aliphatic heterocycles. The van der Waals surface area contributed by atoms with E-state index in [0.717, 1.165) is 10.9 Å². The number of rotatable bonds is 14. The predicted octanol–water partition coefficient (Wildman–Crippen LogP) is 2.97. The van der Waals surface area contributed by atoms with Crippen molar-refractivity contribution >= 4 is 42.6 Å². The van der Waals surface area contributed by atoms with Gasteiger partial charge in [0.2, 0.25) is 5.95 Å². The molecular weight excluding hydrogens is 690 g/mol. The molecule has 2 aromatic heterocycles. The number of para-hydroxylation sites is 1. The molecule has 0 saturated carbocycles. The second-order valence-corrected chi connectivity index (χ2v) is 13.3. The summed E-state index contributed by atoms with van der Waals surface area (Å²) in [5, 5.41) is 27.5. The van der Waals surface area contributed by atoms with Crippen LogP contribution in [-0.4, -0.2) is 80.2 Å². The van der Waals surface area contributed by atoms with Crippen LogP contribution in [0.25, 0.3) is 11.2 Å². The summed E-state index contributed by atoms with van der Waals surface area (Å²) in [4.78, 5) is 38.7. The zero-order valence-corrected chi connectivity index (χ0v) is 28.8. The SMILES string of the molecule is CNc1nc(N)nc2c1ncn2[C@]1(C#N)O[C@H](COP(=O)(N[C@@H](C)C(=O)OC(C)C)Oc2ccccc2)[C@@H](O)[C@]1(F)C(=O)OCc1ccccc1. The first-order valence-corrected chi connectivity index (χ1v) is 17.1. The van der Waals surface area contributed by atoms with Crippen LogP contribution in [0.3, 0.4) is 0 Å². The highest BCUT2D eigenvalue weighted by atomic mass is 31.2. The van der Waals surface area contributed by atoms with Crippen molar-refractivity contribution in [2.45, 2.75) is 63.1 Å². The molecule has 19 heteroatoms. The van der Waals surface area contributed by atoms with Crippen LogP contribution in [0, 0.1) is 11.3 Å². The molecule has 5 N–H and O–H groups in total. The van der Waals surface area contributed by atoms with Crippen LogP contribution in [0.2, 0.25) is 0 Å². The zero-order chi connectivity index (χ0) is 37.0. The Labute approximate surface area is 291 Å². The average Bonchev–Trinajstić information content (AvgIpc) is 3.63. The lowest BCUT2D eigenvalue weighted by Crippen LogP contribution is -2.59. The number of carbonyl (C=O) groups excluding carboxylic acids is 2. The van der Waals surface area contributed by atoms with Gasteiger partial charge in [0.1, 0.15) is 43.0 Å². The van der Waals surface area contributed by atoms with Crippen molar-refractivity contribution in [2.24, 2.45) is 0 Å². The first kappa shape index (κ1) is 37.1. The summed E-state index contributed by atoms with van der Waals surface area (Å²) in [6.07, 6.45) is -3.92. The van der Waals surface area contributed by atoms with Gasteiger partial charge >= 0.3 is 19.7 Å². The van der Waals surface area contributed by atoms with Crippen LogP contribution >= 0.6 is 7.75 Å². The highest BCUT2D eigenvalue weighted by Gasteiger charge is 2.75. The summed E-state index contributed by atoms with van der Waals surface area (Å²) in [6, 6.07) is 16.5. The number of aliphatic hydroxyl groups excluding tert-OH is 1. The van der Waals surface area contributed by atoms with Gasteiger partial charge < -0.3 is 34.9 Å². The second kappa shape index (κ2) is 15.0. The van der Waals surface area contributed by atoms with Crippen LogP contribution in [-0.2, 0) is 45.2 Å². The van der Waals surface area contributed by atoms with E-state index >= 15 is 4.39 Å². The number of nitrogen functional groups attached to an aromatic ring is 1. The van der Waals surface area contributed by atoms with Gasteiger partial charge in [-0.25, -0.2) is 18.7 Å². The number of alkyl halides is 1. The lowest BCUT2D eigenvalue weighted by Gasteiger charge is -2.33. The first-order valence-electron chi connectivity index (χ1n) is 15.6. The number of nitrogens with one attached hydrogen (secondary N) is 2. The number of carbonyl (C=O) groups is 2. The molecule has 270 valence electrons. The monoisotopic (exact) mass is 726 g/mol. The van der Waals surface area contributed by atoms with Crippen molar-refractivity contribution in [3.63, 3.8) is 0 Å². The normalized spacial score (nSPS) is 23.3. The number of hydrogen-bond acceptors (Lipinski definition) is 15. The predicted molar refractivity (Wildman–Crippen MR) is 178 cm³/mol. The molecule has 3 heterocycles. The van der Waals surface area contributed by atoms with Gasteiger partial charge in [-0.05, 0) is 38.5 Å². The fraction of sp³-hybridized carbons (Fsp3) is 0.375. The smallest absolute Gasteiger partial charge is 0.459 e. The van der Waals surface area contributed by atoms with Crippen LogP contribution in [0.1, 0.15) is 26.3 Å². The van der Waals surface area contributed by atoms with E-state index in [1.54, 1.807) is 68.4 Å². The van der Waals surface area contributed by atoms with Crippen molar-refractivity contribution in [1.82, 2.24) is 24.6 Å². The quantitative estimate of drug-likeness (QED) is 0.108. The summed E-state index contributed by atoms with van der Waals surface area (Å²) in [6.45, 7) is 3.22. The molecule has 0 radical (unpaired) electrons. The zero-order valence-electron chi connectivity index (χ0n) is 27.9. The first-order chi connectivity index (χ1) is 24.3. The number of nitrogens with zero attached hydrogens (tertiary/aromatic N) is 5. The molecule has 1 aliphatic rings. The van der Waals surface area contributed by atoms with Crippen LogP contribution in [0.15, 0.2) is 67.0 Å². The van der Waals surface area contributed by atoms with E-state index in [-0.39, 0.29) is 28.7 Å². The van der Waals surface area contributed by atoms with Gasteiger partial charge in [0.25, 0.3) is 11.4 Å². The molecule has 2 aromatic carbocycles. The Bertz CT molecular complexity index is 1960. The molecule has 1 fully saturated rings. The molecule has 17 nitrogen and oxygen atoms in total. The van der Waals surface area contributed by atoms with Crippen LogP contribution < -0.4 is 20.7 Å². The second-order valence-electron chi connectivity index (χ2n) is 11.6. The van der Waals surface area contributed by atoms with Crippen molar-refractivity contribution in [3.05, 3.63) is 72.6 Å². The highest BCUT2D eigenvalue weighted by Crippen LogP contribution is 2.51. The molecule has 0 aliphatic carbocycles. The van der Waals surface area contributed by atoms with Gasteiger partial charge in [0.05, 0.1) is 12.7 Å². The van der Waals surface area contributed by atoms with Gasteiger partial charge in [-0.15, -0.1) is 0 Å². The number of halogens is 1. The standard InChI is InChI=1S/C32H36FN8O9P/c1-19(2)48-28(43)20(3)40-51(45,50-22-13-9-6-10-14-22)47-16-23-25(42)32(33,29(44)46-15-21-11-7-5-8-12-21)31(17-34,49-23)41-18-37-24-26(36-4)38-30(35)39-27(24)41/h5-14,18-20,23,25,42H,15-16H2,1-4H3,(H,40,45)(H3,35,36,38,39)/t20-,23+,25+,31+,32-,51?/m0/s1. The van der Waals surface area contributed by atoms with Gasteiger partial charge in [0, 0.05) is 7.05 Å². The van der Waals surface area contributed by atoms with Crippen LogP contribution in [0.4, 0.5) is 16.2 Å². The van der Waals surface area contributed by atoms with E-state index < -0.39 is 68.6 Å². The van der Waals surface area contributed by atoms with E-state index in [0.29, 0.717) is 5.56 Å². The third-order valence-corrected chi connectivity index (χ3v) is 9.30. The maximum Gasteiger partial charge on any atom is 0.459 e. The number of fused-ring (bicyclic) bond motifs is 1. The average molecular weight is 727 g/mol. The van der Waals surface area contributed by atoms with Gasteiger partial charge in [-0.1, -0.05) is 48.5 Å². The number of esters is 2. The minimum absolute atomic E-state index is 0.0198. The molecule has 0 bridgehead atoms. The molecule has 1 unspecified atom stereocenters. The van der Waals surface area contributed by atoms with E-state index in [9.17, 15) is 24.5 Å². The lowest BCUT2D eigenvalue weighted by molar-refractivity contribution is -0.183. The van der Waals surface area contributed by atoms with Crippen LogP contribution in [0.5, 0.6) is 5.75 Å². The fourth-order valence-electron chi connectivity index (χ4n) is 5.26. The number of nitriles is 1. The lowest BCUT2D eigenvalue weighted by atomic mass is 9.88. The summed E-state index contributed by atoms with van der Waals surface area (Å²) < 4.78 is 60.3. The van der Waals surface area contributed by atoms with Crippen molar-refractivity contribution in [2.75, 3.05) is 24.7 Å². The Balaban J connectivity index is 1.53. The largest absolute Gasteiger partial charge is 0.462 e. The molecule has 6 atom stereocenters. The third kappa shape index (κ3) is 7.34. The van der Waals surface area contributed by atoms with E-state index in [2.05, 4.69) is 25.4 Å². The number of anilines is 2. The third-order valence-electron chi connectivity index (χ3n) is 7.66. The highest BCUT2D eigenvalue weighted by molar-refractivity contribution is 7.52. The maximum absolute atomic E-state index is 17.7. The molecule has 0 amide bonds. The summed E-state index contributed by atoms with van der Waals surface area (Å²) in [5.41, 5.74) is -0.600. The molecular formula is C32H36FN8O9P. The fourth-order valence-corrected chi connectivity index (χ4v) is 6.76. The topological polar surface area (TPSA) is 235 Å². The molecule has 0 spiro atoms. The minimum Gasteiger partial charge on any atom is -0.462 e. The molecule has 1 saturated heterocycles. The van der Waals surface area contributed by atoms with Gasteiger partial charge in [-0.2, -0.15) is 20.3 Å². The van der Waals surface area contributed by atoms with Gasteiger partial charge in [-0.3, -0.25) is 13.9 Å². The number of aromatic nitrogens is 4. The number of aliphatic hydroxyl groups is 1. The number of imidazole rings is 1. The van der Waals surface area contributed by atoms with E-state index in [1.165, 1.54) is 26.1 Å². The Morgan fingerprint density at radius 1 is 1.16 bits per heavy atom.